The van der Waals surface area contributed by atoms with Crippen LogP contribution in [0.3, 0.4) is 0 Å². The van der Waals surface area contributed by atoms with Crippen molar-refractivity contribution in [3.05, 3.63) is 35.9 Å². The minimum atomic E-state index is -0.591. The first-order valence-corrected chi connectivity index (χ1v) is 6.79. The molecule has 1 aromatic rings. The topological polar surface area (TPSA) is 75.3 Å². The molecule has 0 spiro atoms. The third-order valence-electron chi connectivity index (χ3n) is 3.68. The van der Waals surface area contributed by atoms with E-state index in [1.165, 1.54) is 0 Å². The number of nitrogens with one attached hydrogen (secondary N) is 1. The average Bonchev–Trinajstić information content (AvgIpc) is 2.45. The first-order valence-electron chi connectivity index (χ1n) is 6.79. The predicted molar refractivity (Wildman–Crippen MR) is 76.7 cm³/mol. The number of aliphatic hydroxyl groups excluding tert-OH is 1. The lowest BCUT2D eigenvalue weighted by molar-refractivity contribution is -0.125. The molecule has 1 amide bonds. The van der Waals surface area contributed by atoms with Crippen molar-refractivity contribution >= 4 is 5.91 Å². The Balaban J connectivity index is 2.62. The van der Waals surface area contributed by atoms with Crippen molar-refractivity contribution < 1.29 is 9.90 Å². The second-order valence-electron chi connectivity index (χ2n) is 4.93. The van der Waals surface area contributed by atoms with Gasteiger partial charge in [0.05, 0.1) is 18.2 Å². The zero-order valence-corrected chi connectivity index (χ0v) is 11.7. The third-order valence-corrected chi connectivity index (χ3v) is 3.68. The van der Waals surface area contributed by atoms with Crippen LogP contribution in [-0.4, -0.2) is 29.2 Å². The zero-order valence-electron chi connectivity index (χ0n) is 11.7. The van der Waals surface area contributed by atoms with Gasteiger partial charge >= 0.3 is 0 Å². The number of hydrogen-bond donors (Lipinski definition) is 3. The molecular formula is C15H24N2O2. The number of rotatable bonds is 7. The van der Waals surface area contributed by atoms with E-state index in [2.05, 4.69) is 5.32 Å². The standard InChI is InChI=1S/C15H24N2O2/c1-3-15(4-2,11-18)17-14(19)13(16)10-12-8-6-5-7-9-12/h5-9,13,18H,3-4,10-11,16H2,1-2H3,(H,17,19)/t13-/m0/s1. The Morgan fingerprint density at radius 3 is 2.37 bits per heavy atom. The lowest BCUT2D eigenvalue weighted by atomic mass is 9.93. The van der Waals surface area contributed by atoms with E-state index < -0.39 is 11.6 Å². The number of hydrogen-bond acceptors (Lipinski definition) is 3. The highest BCUT2D eigenvalue weighted by Crippen LogP contribution is 2.14. The van der Waals surface area contributed by atoms with Gasteiger partial charge in [-0.25, -0.2) is 0 Å². The molecule has 0 aliphatic carbocycles. The molecule has 0 saturated heterocycles. The first-order chi connectivity index (χ1) is 9.06. The Kier molecular flexibility index (Phi) is 5.99. The second-order valence-corrected chi connectivity index (χ2v) is 4.93. The zero-order chi connectivity index (χ0) is 14.3. The van der Waals surface area contributed by atoms with Crippen LogP contribution in [0.4, 0.5) is 0 Å². The Morgan fingerprint density at radius 2 is 1.89 bits per heavy atom. The molecule has 0 radical (unpaired) electrons. The molecule has 0 bridgehead atoms. The Morgan fingerprint density at radius 1 is 1.32 bits per heavy atom. The number of amides is 1. The molecule has 1 atom stereocenters. The van der Waals surface area contributed by atoms with Crippen molar-refractivity contribution in [2.75, 3.05) is 6.61 Å². The largest absolute Gasteiger partial charge is 0.394 e. The van der Waals surface area contributed by atoms with Gasteiger partial charge in [-0.3, -0.25) is 4.79 Å². The lowest BCUT2D eigenvalue weighted by Gasteiger charge is -2.32. The third kappa shape index (κ3) is 4.33. The minimum absolute atomic E-state index is 0.0657. The summed E-state index contributed by atoms with van der Waals surface area (Å²) in [5, 5.41) is 12.3. The maximum absolute atomic E-state index is 12.1. The van der Waals surface area contributed by atoms with Crippen molar-refractivity contribution in [2.45, 2.75) is 44.7 Å². The second kappa shape index (κ2) is 7.26. The van der Waals surface area contributed by atoms with Gasteiger partial charge in [0.15, 0.2) is 0 Å². The van der Waals surface area contributed by atoms with Gasteiger partial charge in [0.25, 0.3) is 0 Å². The summed E-state index contributed by atoms with van der Waals surface area (Å²) in [5.74, 6) is -0.207. The molecule has 0 fully saturated rings. The van der Waals surface area contributed by atoms with Crippen molar-refractivity contribution in [3.8, 4) is 0 Å². The van der Waals surface area contributed by atoms with Gasteiger partial charge in [-0.15, -0.1) is 0 Å². The van der Waals surface area contributed by atoms with Gasteiger partial charge in [0.2, 0.25) is 5.91 Å². The molecule has 106 valence electrons. The van der Waals surface area contributed by atoms with Crippen LogP contribution in [0.1, 0.15) is 32.3 Å². The Labute approximate surface area is 115 Å². The van der Waals surface area contributed by atoms with E-state index in [0.29, 0.717) is 19.3 Å². The highest BCUT2D eigenvalue weighted by atomic mass is 16.3. The summed E-state index contributed by atoms with van der Waals surface area (Å²) in [5.41, 5.74) is 6.41. The van der Waals surface area contributed by atoms with Gasteiger partial charge < -0.3 is 16.2 Å². The SMILES string of the molecule is CCC(CC)(CO)NC(=O)[C@@H](N)Cc1ccccc1. The van der Waals surface area contributed by atoms with Crippen LogP contribution in [0, 0.1) is 0 Å². The molecule has 0 aliphatic rings. The number of aliphatic hydroxyl groups is 1. The summed E-state index contributed by atoms with van der Waals surface area (Å²) in [4.78, 5) is 12.1. The van der Waals surface area contributed by atoms with Crippen LogP contribution in [-0.2, 0) is 11.2 Å². The van der Waals surface area contributed by atoms with Crippen molar-refractivity contribution in [2.24, 2.45) is 5.73 Å². The van der Waals surface area contributed by atoms with Gasteiger partial charge in [0.1, 0.15) is 0 Å². The maximum Gasteiger partial charge on any atom is 0.237 e. The van der Waals surface area contributed by atoms with Crippen LogP contribution < -0.4 is 11.1 Å². The van der Waals surface area contributed by atoms with E-state index in [9.17, 15) is 9.90 Å². The molecule has 19 heavy (non-hydrogen) atoms. The number of benzene rings is 1. The summed E-state index contributed by atoms with van der Waals surface area (Å²) in [6.45, 7) is 3.83. The first kappa shape index (κ1) is 15.7. The summed E-state index contributed by atoms with van der Waals surface area (Å²) in [6, 6.07) is 9.09. The smallest absolute Gasteiger partial charge is 0.237 e. The van der Waals surface area contributed by atoms with Crippen LogP contribution in [0.5, 0.6) is 0 Å². The van der Waals surface area contributed by atoms with E-state index >= 15 is 0 Å². The summed E-state index contributed by atoms with van der Waals surface area (Å²) >= 11 is 0. The van der Waals surface area contributed by atoms with Crippen LogP contribution in [0.2, 0.25) is 0 Å². The normalized spacial score (nSPS) is 13.1. The van der Waals surface area contributed by atoms with Gasteiger partial charge in [-0.05, 0) is 24.8 Å². The number of carbonyl (C=O) groups is 1. The average molecular weight is 264 g/mol. The van der Waals surface area contributed by atoms with Crippen molar-refractivity contribution in [3.63, 3.8) is 0 Å². The van der Waals surface area contributed by atoms with Crippen molar-refractivity contribution in [1.29, 1.82) is 0 Å². The fourth-order valence-electron chi connectivity index (χ4n) is 2.00. The highest BCUT2D eigenvalue weighted by molar-refractivity contribution is 5.82. The van der Waals surface area contributed by atoms with Gasteiger partial charge in [-0.1, -0.05) is 44.2 Å². The molecule has 4 heteroatoms. The molecule has 0 saturated carbocycles. The van der Waals surface area contributed by atoms with E-state index in [1.807, 2.05) is 44.2 Å². The van der Waals surface area contributed by atoms with Gasteiger partial charge in [0, 0.05) is 0 Å². The molecule has 1 rings (SSSR count). The highest BCUT2D eigenvalue weighted by Gasteiger charge is 2.29. The number of nitrogens with two attached hydrogens (primary N) is 1. The van der Waals surface area contributed by atoms with Crippen LogP contribution in [0.15, 0.2) is 30.3 Å². The van der Waals surface area contributed by atoms with E-state index in [0.717, 1.165) is 5.56 Å². The number of carbonyl (C=O) groups excluding carboxylic acids is 1. The molecule has 0 heterocycles. The summed E-state index contributed by atoms with van der Waals surface area (Å²) in [6.07, 6.45) is 1.87. The molecular weight excluding hydrogens is 240 g/mol. The van der Waals surface area contributed by atoms with E-state index in [-0.39, 0.29) is 12.5 Å². The molecule has 0 unspecified atom stereocenters. The molecule has 4 nitrogen and oxygen atoms in total. The van der Waals surface area contributed by atoms with E-state index in [1.54, 1.807) is 0 Å². The Hall–Kier alpha value is -1.39. The fraction of sp³-hybridized carbons (Fsp3) is 0.533. The molecule has 0 aromatic heterocycles. The predicted octanol–water partition coefficient (Wildman–Crippen LogP) is 1.22. The Bertz CT molecular complexity index is 380. The summed E-state index contributed by atoms with van der Waals surface area (Å²) in [7, 11) is 0. The quantitative estimate of drug-likeness (QED) is 0.693. The molecule has 4 N–H and O–H groups in total. The van der Waals surface area contributed by atoms with Crippen LogP contribution >= 0.6 is 0 Å². The van der Waals surface area contributed by atoms with Crippen LogP contribution in [0.25, 0.3) is 0 Å². The lowest BCUT2D eigenvalue weighted by Crippen LogP contribution is -2.55. The van der Waals surface area contributed by atoms with Crippen molar-refractivity contribution in [1.82, 2.24) is 5.32 Å². The van der Waals surface area contributed by atoms with E-state index in [4.69, 9.17) is 5.73 Å². The minimum Gasteiger partial charge on any atom is -0.394 e. The van der Waals surface area contributed by atoms with Gasteiger partial charge in [-0.2, -0.15) is 0 Å². The monoisotopic (exact) mass is 264 g/mol. The maximum atomic E-state index is 12.1. The molecule has 0 aliphatic heterocycles. The summed E-state index contributed by atoms with van der Waals surface area (Å²) < 4.78 is 0. The molecule has 1 aromatic carbocycles. The fourth-order valence-corrected chi connectivity index (χ4v) is 2.00.